The minimum Gasteiger partial charge on any atom is -0.481 e. The fourth-order valence-corrected chi connectivity index (χ4v) is 3.29. The first-order valence-electron chi connectivity index (χ1n) is 9.52. The first-order chi connectivity index (χ1) is 14.3. The van der Waals surface area contributed by atoms with E-state index >= 15 is 0 Å². The number of benzene rings is 2. The summed E-state index contributed by atoms with van der Waals surface area (Å²) in [5, 5.41) is 24.4. The number of carboxylic acid groups (broad SMARTS) is 2. The molecule has 7 nitrogen and oxygen atoms in total. The number of anilines is 1. The van der Waals surface area contributed by atoms with Gasteiger partial charge in [0.1, 0.15) is 0 Å². The second-order valence-electron chi connectivity index (χ2n) is 7.15. The largest absolute Gasteiger partial charge is 0.481 e. The Morgan fingerprint density at radius 1 is 1.03 bits per heavy atom. The zero-order chi connectivity index (χ0) is 22.1. The molecule has 0 aliphatic carbocycles. The topological polar surface area (TPSA) is 116 Å². The van der Waals surface area contributed by atoms with E-state index in [0.29, 0.717) is 12.1 Å². The lowest BCUT2D eigenvalue weighted by Crippen LogP contribution is -2.61. The Hall–Kier alpha value is -3.00. The first kappa shape index (κ1) is 23.3. The molecule has 0 aliphatic heterocycles. The number of hydrogen-bond acceptors (Lipinski definition) is 5. The molecule has 160 valence electrons. The SMILES string of the molecule is Cc1ccc(CC(CS)C(=O)NC(CCC(=O)O)(Nc2ccccc2)C(=O)O)cc1. The van der Waals surface area contributed by atoms with E-state index in [-0.39, 0.29) is 12.2 Å². The van der Waals surface area contributed by atoms with Crippen LogP contribution >= 0.6 is 12.6 Å². The molecule has 2 atom stereocenters. The first-order valence-corrected chi connectivity index (χ1v) is 10.2. The third-order valence-corrected chi connectivity index (χ3v) is 5.18. The van der Waals surface area contributed by atoms with E-state index in [4.69, 9.17) is 5.11 Å². The number of aryl methyl sites for hydroxylation is 1. The second kappa shape index (κ2) is 10.7. The molecule has 0 radical (unpaired) electrons. The van der Waals surface area contributed by atoms with Crippen molar-refractivity contribution in [2.24, 2.45) is 5.92 Å². The lowest BCUT2D eigenvalue weighted by Gasteiger charge is -2.33. The molecule has 0 aliphatic rings. The molecule has 2 rings (SSSR count). The van der Waals surface area contributed by atoms with Gasteiger partial charge in [-0.05, 0) is 31.0 Å². The third-order valence-electron chi connectivity index (χ3n) is 4.74. The van der Waals surface area contributed by atoms with Crippen LogP contribution in [0.15, 0.2) is 54.6 Å². The number of thiol groups is 1. The van der Waals surface area contributed by atoms with Gasteiger partial charge in [-0.3, -0.25) is 9.59 Å². The average molecular weight is 431 g/mol. The lowest BCUT2D eigenvalue weighted by atomic mass is 9.96. The standard InChI is InChI=1S/C22H26N2O5S/c1-15-7-9-16(10-8-15)13-17(14-30)20(27)24-22(21(28)29,12-11-19(25)26)23-18-5-3-2-4-6-18/h2-10,17,23,30H,11-14H2,1H3,(H,24,27)(H,25,26)(H,28,29). The van der Waals surface area contributed by atoms with Gasteiger partial charge in [0.25, 0.3) is 0 Å². The molecule has 2 unspecified atom stereocenters. The molecule has 2 aromatic rings. The summed E-state index contributed by atoms with van der Waals surface area (Å²) in [6.07, 6.45) is -0.381. The molecule has 0 fully saturated rings. The summed E-state index contributed by atoms with van der Waals surface area (Å²) in [4.78, 5) is 36.3. The molecule has 0 spiro atoms. The van der Waals surface area contributed by atoms with Gasteiger partial charge in [-0.1, -0.05) is 48.0 Å². The summed E-state index contributed by atoms with van der Waals surface area (Å²) in [6, 6.07) is 16.2. The molecule has 1 amide bonds. The molecule has 4 N–H and O–H groups in total. The maximum Gasteiger partial charge on any atom is 0.350 e. The van der Waals surface area contributed by atoms with Crippen molar-refractivity contribution in [3.05, 3.63) is 65.7 Å². The molecular formula is C22H26N2O5S. The van der Waals surface area contributed by atoms with E-state index in [9.17, 15) is 19.5 Å². The Balaban J connectivity index is 2.26. The van der Waals surface area contributed by atoms with Gasteiger partial charge < -0.3 is 20.8 Å². The van der Waals surface area contributed by atoms with E-state index in [2.05, 4.69) is 23.3 Å². The Kier molecular flexibility index (Phi) is 8.29. The summed E-state index contributed by atoms with van der Waals surface area (Å²) in [7, 11) is 0. The molecule has 30 heavy (non-hydrogen) atoms. The fourth-order valence-electron chi connectivity index (χ4n) is 2.99. The number of carboxylic acids is 2. The predicted molar refractivity (Wildman–Crippen MR) is 118 cm³/mol. The molecule has 0 aromatic heterocycles. The maximum atomic E-state index is 13.0. The molecule has 2 aromatic carbocycles. The van der Waals surface area contributed by atoms with E-state index in [1.54, 1.807) is 30.3 Å². The van der Waals surface area contributed by atoms with Crippen LogP contribution in [0, 0.1) is 12.8 Å². The van der Waals surface area contributed by atoms with Gasteiger partial charge in [-0.2, -0.15) is 12.6 Å². The van der Waals surface area contributed by atoms with Gasteiger partial charge in [0, 0.05) is 24.3 Å². The van der Waals surface area contributed by atoms with Crippen LogP contribution in [0.1, 0.15) is 24.0 Å². The van der Waals surface area contributed by atoms with Gasteiger partial charge in [-0.25, -0.2) is 4.79 Å². The zero-order valence-corrected chi connectivity index (χ0v) is 17.6. The van der Waals surface area contributed by atoms with Crippen molar-refractivity contribution >= 4 is 36.2 Å². The number of aliphatic carboxylic acids is 2. The zero-order valence-electron chi connectivity index (χ0n) is 16.7. The number of hydrogen-bond donors (Lipinski definition) is 5. The van der Waals surface area contributed by atoms with Crippen molar-refractivity contribution in [1.82, 2.24) is 5.32 Å². The van der Waals surface area contributed by atoms with Crippen LogP contribution in [-0.2, 0) is 20.8 Å². The molecule has 0 bridgehead atoms. The highest BCUT2D eigenvalue weighted by molar-refractivity contribution is 7.80. The van der Waals surface area contributed by atoms with Crippen LogP contribution in [0.3, 0.4) is 0 Å². The Labute approximate surface area is 180 Å². The second-order valence-corrected chi connectivity index (χ2v) is 7.52. The summed E-state index contributed by atoms with van der Waals surface area (Å²) in [5.41, 5.74) is 0.505. The number of carbonyl (C=O) groups excluding carboxylic acids is 1. The Morgan fingerprint density at radius 2 is 1.67 bits per heavy atom. The van der Waals surface area contributed by atoms with E-state index in [1.807, 2.05) is 31.2 Å². The van der Waals surface area contributed by atoms with Crippen molar-refractivity contribution in [3.8, 4) is 0 Å². The van der Waals surface area contributed by atoms with E-state index < -0.39 is 35.8 Å². The number of rotatable bonds is 11. The van der Waals surface area contributed by atoms with Gasteiger partial charge in [-0.15, -0.1) is 0 Å². The highest BCUT2D eigenvalue weighted by atomic mass is 32.1. The number of carbonyl (C=O) groups is 3. The van der Waals surface area contributed by atoms with Gasteiger partial charge >= 0.3 is 11.9 Å². The van der Waals surface area contributed by atoms with Crippen LogP contribution in [0.25, 0.3) is 0 Å². The lowest BCUT2D eigenvalue weighted by molar-refractivity contribution is -0.148. The van der Waals surface area contributed by atoms with Crippen LogP contribution in [0.5, 0.6) is 0 Å². The number of nitrogens with one attached hydrogen (secondary N) is 2. The maximum absolute atomic E-state index is 13.0. The Morgan fingerprint density at radius 3 is 2.20 bits per heavy atom. The van der Waals surface area contributed by atoms with Gasteiger partial charge in [0.05, 0.1) is 5.92 Å². The van der Waals surface area contributed by atoms with Gasteiger partial charge in [0.2, 0.25) is 11.6 Å². The van der Waals surface area contributed by atoms with Crippen molar-refractivity contribution in [2.75, 3.05) is 11.1 Å². The predicted octanol–water partition coefficient (Wildman–Crippen LogP) is 2.96. The van der Waals surface area contributed by atoms with Crippen molar-refractivity contribution in [1.29, 1.82) is 0 Å². The van der Waals surface area contributed by atoms with Crippen LogP contribution in [-0.4, -0.2) is 39.5 Å². The van der Waals surface area contributed by atoms with Crippen molar-refractivity contribution in [3.63, 3.8) is 0 Å². The minimum absolute atomic E-state index is 0.208. The van der Waals surface area contributed by atoms with Gasteiger partial charge in [0.15, 0.2) is 0 Å². The molecular weight excluding hydrogens is 404 g/mol. The monoisotopic (exact) mass is 430 g/mol. The summed E-state index contributed by atoms with van der Waals surface area (Å²) in [6.45, 7) is 1.96. The molecule has 0 saturated heterocycles. The normalized spacial score (nSPS) is 13.7. The van der Waals surface area contributed by atoms with Crippen molar-refractivity contribution in [2.45, 2.75) is 31.8 Å². The van der Waals surface area contributed by atoms with Crippen molar-refractivity contribution < 1.29 is 24.6 Å². The van der Waals surface area contributed by atoms with Crippen LogP contribution < -0.4 is 10.6 Å². The average Bonchev–Trinajstić information content (AvgIpc) is 2.72. The molecule has 0 saturated carbocycles. The van der Waals surface area contributed by atoms with Crippen LogP contribution in [0.4, 0.5) is 5.69 Å². The highest BCUT2D eigenvalue weighted by Crippen LogP contribution is 2.21. The van der Waals surface area contributed by atoms with E-state index in [1.165, 1.54) is 0 Å². The van der Waals surface area contributed by atoms with Crippen LogP contribution in [0.2, 0.25) is 0 Å². The quantitative estimate of drug-likeness (QED) is 0.277. The van der Waals surface area contributed by atoms with E-state index in [0.717, 1.165) is 11.1 Å². The molecule has 8 heteroatoms. The fraction of sp³-hybridized carbons (Fsp3) is 0.318. The summed E-state index contributed by atoms with van der Waals surface area (Å²) < 4.78 is 0. The third kappa shape index (κ3) is 6.52. The number of amides is 1. The molecule has 0 heterocycles. The number of para-hydroxylation sites is 1. The minimum atomic E-state index is -1.97. The smallest absolute Gasteiger partial charge is 0.350 e. The summed E-state index contributed by atoms with van der Waals surface area (Å²) in [5.74, 6) is -3.41. The highest BCUT2D eigenvalue weighted by Gasteiger charge is 2.41. The Bertz CT molecular complexity index is 873. The summed E-state index contributed by atoms with van der Waals surface area (Å²) >= 11 is 4.27.